The zero-order valence-electron chi connectivity index (χ0n) is 19.4. The summed E-state index contributed by atoms with van der Waals surface area (Å²) < 4.78 is 5.32. The molecule has 1 aromatic rings. The van der Waals surface area contributed by atoms with Gasteiger partial charge in [-0.05, 0) is 43.0 Å². The Bertz CT molecular complexity index is 790. The average Bonchev–Trinajstić information content (AvgIpc) is 2.80. The van der Waals surface area contributed by atoms with E-state index < -0.39 is 12.1 Å². The SMILES string of the molecule is CC[C@@H]1COCC(=O)[C@H]1NC(=O)[C@H](CC(C)C)NC(=O)c1ccc(N2CCNCC2)cc1. The van der Waals surface area contributed by atoms with Gasteiger partial charge in [0.1, 0.15) is 12.6 Å². The molecule has 3 rings (SSSR count). The lowest BCUT2D eigenvalue weighted by Gasteiger charge is -2.32. The van der Waals surface area contributed by atoms with Gasteiger partial charge in [0.05, 0.1) is 12.6 Å². The monoisotopic (exact) mass is 444 g/mol. The van der Waals surface area contributed by atoms with Crippen LogP contribution in [0.3, 0.4) is 0 Å². The van der Waals surface area contributed by atoms with Gasteiger partial charge in [0.25, 0.3) is 5.91 Å². The Morgan fingerprint density at radius 3 is 2.50 bits per heavy atom. The predicted molar refractivity (Wildman–Crippen MR) is 124 cm³/mol. The molecular formula is C24H36N4O4. The van der Waals surface area contributed by atoms with E-state index in [1.165, 1.54) is 0 Å². The summed E-state index contributed by atoms with van der Waals surface area (Å²) in [5.74, 6) is -0.567. The van der Waals surface area contributed by atoms with E-state index in [9.17, 15) is 14.4 Å². The van der Waals surface area contributed by atoms with Gasteiger partial charge in [0.2, 0.25) is 5.91 Å². The Morgan fingerprint density at radius 1 is 1.19 bits per heavy atom. The lowest BCUT2D eigenvalue weighted by Crippen LogP contribution is -2.56. The molecule has 2 aliphatic heterocycles. The standard InChI is InChI=1S/C24H36N4O4/c1-4-17-14-32-15-21(29)22(17)27-24(31)20(13-16(2)3)26-23(30)18-5-7-19(8-6-18)28-11-9-25-10-12-28/h5-8,16-17,20,22,25H,4,9-15H2,1-3H3,(H,26,30)(H,27,31)/t17-,20+,22+/m1/s1. The van der Waals surface area contributed by atoms with Crippen LogP contribution < -0.4 is 20.9 Å². The van der Waals surface area contributed by atoms with Crippen molar-refractivity contribution < 1.29 is 19.1 Å². The molecule has 176 valence electrons. The molecular weight excluding hydrogens is 408 g/mol. The number of carbonyl (C=O) groups is 3. The maximum Gasteiger partial charge on any atom is 0.251 e. The molecule has 8 heteroatoms. The molecule has 0 aliphatic carbocycles. The van der Waals surface area contributed by atoms with Gasteiger partial charge in [-0.1, -0.05) is 20.8 Å². The van der Waals surface area contributed by atoms with Crippen molar-refractivity contribution in [2.45, 2.75) is 45.7 Å². The second-order valence-electron chi connectivity index (χ2n) is 9.08. The highest BCUT2D eigenvalue weighted by molar-refractivity contribution is 5.99. The van der Waals surface area contributed by atoms with E-state index in [1.54, 1.807) is 12.1 Å². The Kier molecular flexibility index (Phi) is 8.64. The number of nitrogens with one attached hydrogen (secondary N) is 3. The number of hydrogen-bond donors (Lipinski definition) is 3. The van der Waals surface area contributed by atoms with E-state index >= 15 is 0 Å². The van der Waals surface area contributed by atoms with E-state index in [4.69, 9.17) is 4.74 Å². The molecule has 3 atom stereocenters. The number of ketones is 1. The van der Waals surface area contributed by atoms with E-state index in [0.29, 0.717) is 18.6 Å². The normalized spacial score (nSPS) is 22.5. The molecule has 3 N–H and O–H groups in total. The van der Waals surface area contributed by atoms with Crippen LogP contribution in [-0.2, 0) is 14.3 Å². The molecule has 32 heavy (non-hydrogen) atoms. The van der Waals surface area contributed by atoms with Gasteiger partial charge in [-0.15, -0.1) is 0 Å². The number of Topliss-reactive ketones (excluding diaryl/α,β-unsaturated/α-hetero) is 1. The van der Waals surface area contributed by atoms with E-state index in [-0.39, 0.29) is 36.0 Å². The lowest BCUT2D eigenvalue weighted by atomic mass is 9.91. The number of piperazine rings is 1. The van der Waals surface area contributed by atoms with Crippen LogP contribution in [0.5, 0.6) is 0 Å². The third-order valence-corrected chi connectivity index (χ3v) is 6.16. The Balaban J connectivity index is 1.65. The summed E-state index contributed by atoms with van der Waals surface area (Å²) >= 11 is 0. The minimum Gasteiger partial charge on any atom is -0.373 e. The molecule has 2 fully saturated rings. The molecule has 0 bridgehead atoms. The van der Waals surface area contributed by atoms with Crippen LogP contribution in [-0.4, -0.2) is 69.1 Å². The van der Waals surface area contributed by atoms with E-state index in [1.807, 2.05) is 32.9 Å². The third-order valence-electron chi connectivity index (χ3n) is 6.16. The molecule has 0 aromatic heterocycles. The summed E-state index contributed by atoms with van der Waals surface area (Å²) in [6.45, 7) is 10.2. The van der Waals surface area contributed by atoms with E-state index in [2.05, 4.69) is 20.9 Å². The maximum absolute atomic E-state index is 13.0. The van der Waals surface area contributed by atoms with E-state index in [0.717, 1.165) is 38.3 Å². The quantitative estimate of drug-likeness (QED) is 0.560. The number of carbonyl (C=O) groups excluding carboxylic acids is 3. The van der Waals surface area contributed by atoms with Crippen molar-refractivity contribution in [2.24, 2.45) is 11.8 Å². The number of benzene rings is 1. The van der Waals surface area contributed by atoms with Gasteiger partial charge < -0.3 is 25.6 Å². The maximum atomic E-state index is 13.0. The molecule has 0 saturated carbocycles. The summed E-state index contributed by atoms with van der Waals surface area (Å²) in [6.07, 6.45) is 1.22. The van der Waals surface area contributed by atoms with Gasteiger partial charge >= 0.3 is 0 Å². The highest BCUT2D eigenvalue weighted by Gasteiger charge is 2.34. The highest BCUT2D eigenvalue weighted by atomic mass is 16.5. The van der Waals surface area contributed by atoms with Crippen LogP contribution in [0, 0.1) is 11.8 Å². The summed E-state index contributed by atoms with van der Waals surface area (Å²) in [5, 5.41) is 9.10. The number of anilines is 1. The van der Waals surface area contributed by atoms with Crippen LogP contribution in [0.1, 0.15) is 44.0 Å². The fourth-order valence-electron chi connectivity index (χ4n) is 4.26. The van der Waals surface area contributed by atoms with Gasteiger partial charge in [-0.3, -0.25) is 14.4 Å². The van der Waals surface area contributed by atoms with Crippen LogP contribution in [0.15, 0.2) is 24.3 Å². The summed E-state index contributed by atoms with van der Waals surface area (Å²) in [7, 11) is 0. The number of nitrogens with zero attached hydrogens (tertiary/aromatic N) is 1. The molecule has 0 spiro atoms. The molecule has 1 aromatic carbocycles. The minimum atomic E-state index is -0.705. The fourth-order valence-corrected chi connectivity index (χ4v) is 4.26. The Hall–Kier alpha value is -2.45. The average molecular weight is 445 g/mol. The molecule has 0 radical (unpaired) electrons. The second-order valence-corrected chi connectivity index (χ2v) is 9.08. The lowest BCUT2D eigenvalue weighted by molar-refractivity contribution is -0.138. The third kappa shape index (κ3) is 6.29. The van der Waals surface area contributed by atoms with Crippen molar-refractivity contribution in [3.63, 3.8) is 0 Å². The predicted octanol–water partition coefficient (Wildman–Crippen LogP) is 1.35. The molecule has 2 aliphatic rings. The van der Waals surface area contributed by atoms with Gasteiger partial charge in [0.15, 0.2) is 5.78 Å². The summed E-state index contributed by atoms with van der Waals surface area (Å²) in [6, 6.07) is 6.22. The zero-order valence-corrected chi connectivity index (χ0v) is 19.4. The van der Waals surface area contributed by atoms with Crippen molar-refractivity contribution in [1.82, 2.24) is 16.0 Å². The van der Waals surface area contributed by atoms with Crippen LogP contribution in [0.25, 0.3) is 0 Å². The first-order chi connectivity index (χ1) is 15.4. The first-order valence-corrected chi connectivity index (χ1v) is 11.7. The molecule has 8 nitrogen and oxygen atoms in total. The van der Waals surface area contributed by atoms with Crippen LogP contribution in [0.2, 0.25) is 0 Å². The topological polar surface area (TPSA) is 99.8 Å². The van der Waals surface area contributed by atoms with Crippen molar-refractivity contribution in [2.75, 3.05) is 44.3 Å². The fraction of sp³-hybridized carbons (Fsp3) is 0.625. The first kappa shape index (κ1) is 24.2. The molecule has 0 unspecified atom stereocenters. The van der Waals surface area contributed by atoms with Crippen molar-refractivity contribution >= 4 is 23.3 Å². The second kappa shape index (κ2) is 11.4. The van der Waals surface area contributed by atoms with Crippen molar-refractivity contribution in [1.29, 1.82) is 0 Å². The van der Waals surface area contributed by atoms with Crippen molar-refractivity contribution in [3.05, 3.63) is 29.8 Å². The molecule has 2 saturated heterocycles. The number of hydrogen-bond acceptors (Lipinski definition) is 6. The molecule has 2 heterocycles. The van der Waals surface area contributed by atoms with Crippen molar-refractivity contribution in [3.8, 4) is 0 Å². The minimum absolute atomic E-state index is 0.0160. The number of rotatable bonds is 8. The van der Waals surface area contributed by atoms with Crippen LogP contribution >= 0.6 is 0 Å². The Labute approximate surface area is 190 Å². The highest BCUT2D eigenvalue weighted by Crippen LogP contribution is 2.18. The largest absolute Gasteiger partial charge is 0.373 e. The van der Waals surface area contributed by atoms with Gasteiger partial charge in [-0.2, -0.15) is 0 Å². The van der Waals surface area contributed by atoms with Gasteiger partial charge in [-0.25, -0.2) is 0 Å². The summed E-state index contributed by atoms with van der Waals surface area (Å²) in [4.78, 5) is 40.5. The summed E-state index contributed by atoms with van der Waals surface area (Å²) in [5.41, 5.74) is 1.60. The smallest absolute Gasteiger partial charge is 0.251 e. The number of ether oxygens (including phenoxy) is 1. The first-order valence-electron chi connectivity index (χ1n) is 11.7. The zero-order chi connectivity index (χ0) is 23.1. The number of amides is 2. The van der Waals surface area contributed by atoms with Gasteiger partial charge in [0, 0.05) is 43.3 Å². The Morgan fingerprint density at radius 2 is 1.88 bits per heavy atom. The van der Waals surface area contributed by atoms with Crippen LogP contribution in [0.4, 0.5) is 5.69 Å². The molecule has 2 amide bonds.